The average Bonchev–Trinajstić information content (AvgIpc) is 3.18. The maximum absolute atomic E-state index is 12.3. The Balaban J connectivity index is 1.94. The first kappa shape index (κ1) is 17.7. The van der Waals surface area contributed by atoms with Gasteiger partial charge in [-0.1, -0.05) is 6.92 Å². The van der Waals surface area contributed by atoms with Gasteiger partial charge in [-0.25, -0.2) is 13.1 Å². The van der Waals surface area contributed by atoms with Gasteiger partial charge in [0.2, 0.25) is 10.0 Å². The molecule has 0 aromatic carbocycles. The van der Waals surface area contributed by atoms with E-state index >= 15 is 0 Å². The van der Waals surface area contributed by atoms with Crippen LogP contribution in [0.1, 0.15) is 31.1 Å². The number of halogens is 1. The Bertz CT molecular complexity index is 570. The molecular formula is C13H21BrN2O2S3. The summed E-state index contributed by atoms with van der Waals surface area (Å²) < 4.78 is 28.0. The molecule has 21 heavy (non-hydrogen) atoms. The largest absolute Gasteiger partial charge is 0.309 e. The average molecular weight is 413 g/mol. The van der Waals surface area contributed by atoms with Gasteiger partial charge < -0.3 is 5.32 Å². The third-order valence-electron chi connectivity index (χ3n) is 3.38. The number of hydrogen-bond donors (Lipinski definition) is 2. The number of sulfonamides is 1. The van der Waals surface area contributed by atoms with E-state index in [2.05, 4.69) is 32.9 Å². The Morgan fingerprint density at radius 3 is 2.86 bits per heavy atom. The van der Waals surface area contributed by atoms with E-state index < -0.39 is 10.0 Å². The number of thiophene rings is 1. The molecule has 8 heteroatoms. The SMILES string of the molecule is CSC(C)CCNS(=O)(=O)c1cc(CNC2CC2)sc1Br. The summed E-state index contributed by atoms with van der Waals surface area (Å²) in [4.78, 5) is 1.41. The van der Waals surface area contributed by atoms with Crippen LogP contribution in [0.15, 0.2) is 14.7 Å². The lowest BCUT2D eigenvalue weighted by Gasteiger charge is -2.09. The molecule has 2 rings (SSSR count). The summed E-state index contributed by atoms with van der Waals surface area (Å²) in [7, 11) is -3.42. The van der Waals surface area contributed by atoms with Crippen LogP contribution in [0.4, 0.5) is 0 Å². The molecule has 0 radical (unpaired) electrons. The van der Waals surface area contributed by atoms with E-state index in [0.29, 0.717) is 26.5 Å². The quantitative estimate of drug-likeness (QED) is 0.653. The molecule has 1 aromatic rings. The van der Waals surface area contributed by atoms with Gasteiger partial charge in [0.05, 0.1) is 3.79 Å². The van der Waals surface area contributed by atoms with Gasteiger partial charge in [0.1, 0.15) is 4.90 Å². The molecule has 1 atom stereocenters. The predicted molar refractivity (Wildman–Crippen MR) is 94.7 cm³/mol. The summed E-state index contributed by atoms with van der Waals surface area (Å²) in [6.07, 6.45) is 5.33. The minimum atomic E-state index is -3.42. The smallest absolute Gasteiger partial charge is 0.242 e. The molecule has 2 N–H and O–H groups in total. The number of rotatable bonds is 9. The summed E-state index contributed by atoms with van der Waals surface area (Å²) in [5, 5.41) is 3.86. The van der Waals surface area contributed by atoms with Crippen LogP contribution in [0.3, 0.4) is 0 Å². The normalized spacial score (nSPS) is 17.1. The summed E-state index contributed by atoms with van der Waals surface area (Å²) in [5.74, 6) is 0. The molecule has 0 aliphatic heterocycles. The van der Waals surface area contributed by atoms with Gasteiger partial charge in [-0.05, 0) is 47.5 Å². The lowest BCUT2D eigenvalue weighted by molar-refractivity contribution is 0.579. The van der Waals surface area contributed by atoms with Gasteiger partial charge in [0.15, 0.2) is 0 Å². The molecule has 1 fully saturated rings. The monoisotopic (exact) mass is 412 g/mol. The van der Waals surface area contributed by atoms with E-state index in [9.17, 15) is 8.42 Å². The Hall–Kier alpha value is 0.400. The molecule has 1 heterocycles. The maximum atomic E-state index is 12.3. The summed E-state index contributed by atoms with van der Waals surface area (Å²) in [6.45, 7) is 3.32. The number of hydrogen-bond acceptors (Lipinski definition) is 5. The molecule has 120 valence electrons. The van der Waals surface area contributed by atoms with E-state index in [-0.39, 0.29) is 0 Å². The molecule has 0 spiro atoms. The van der Waals surface area contributed by atoms with Crippen molar-refractivity contribution in [1.82, 2.24) is 10.0 Å². The van der Waals surface area contributed by atoms with Crippen molar-refractivity contribution in [2.45, 2.75) is 48.9 Å². The second-order valence-electron chi connectivity index (χ2n) is 5.24. The topological polar surface area (TPSA) is 58.2 Å². The van der Waals surface area contributed by atoms with Crippen LogP contribution in [0.5, 0.6) is 0 Å². The van der Waals surface area contributed by atoms with Crippen LogP contribution < -0.4 is 10.0 Å². The highest BCUT2D eigenvalue weighted by molar-refractivity contribution is 9.11. The molecule has 0 amide bonds. The highest BCUT2D eigenvalue weighted by atomic mass is 79.9. The predicted octanol–water partition coefficient (Wildman–Crippen LogP) is 3.18. The van der Waals surface area contributed by atoms with Crippen LogP contribution in [0.2, 0.25) is 0 Å². The van der Waals surface area contributed by atoms with Gasteiger partial charge in [0, 0.05) is 29.3 Å². The molecule has 1 aliphatic rings. The van der Waals surface area contributed by atoms with Crippen molar-refractivity contribution in [3.8, 4) is 0 Å². The third-order valence-corrected chi connectivity index (χ3v) is 8.14. The molecule has 0 bridgehead atoms. The lowest BCUT2D eigenvalue weighted by Crippen LogP contribution is -2.26. The zero-order valence-electron chi connectivity index (χ0n) is 12.2. The van der Waals surface area contributed by atoms with Crippen LogP contribution in [0, 0.1) is 0 Å². The molecular weight excluding hydrogens is 392 g/mol. The minimum Gasteiger partial charge on any atom is -0.309 e. The standard InChI is InChI=1S/C13H21BrN2O2S3/c1-9(19-2)5-6-16-21(17,18)12-7-11(20-13(12)14)8-15-10-3-4-10/h7,9-10,15-16H,3-6,8H2,1-2H3. The fraction of sp³-hybridized carbons (Fsp3) is 0.692. The summed E-state index contributed by atoms with van der Waals surface area (Å²) in [6, 6.07) is 2.39. The molecule has 1 saturated carbocycles. The molecule has 1 aromatic heterocycles. The Morgan fingerprint density at radius 1 is 1.52 bits per heavy atom. The highest BCUT2D eigenvalue weighted by Crippen LogP contribution is 2.32. The van der Waals surface area contributed by atoms with Crippen molar-refractivity contribution < 1.29 is 8.42 Å². The van der Waals surface area contributed by atoms with Crippen molar-refractivity contribution in [1.29, 1.82) is 0 Å². The zero-order valence-corrected chi connectivity index (χ0v) is 16.2. The second kappa shape index (κ2) is 7.79. The maximum Gasteiger partial charge on any atom is 0.242 e. The van der Waals surface area contributed by atoms with Crippen LogP contribution in [-0.4, -0.2) is 32.5 Å². The van der Waals surface area contributed by atoms with E-state index in [4.69, 9.17) is 0 Å². The molecule has 1 aliphatic carbocycles. The third kappa shape index (κ3) is 5.51. The Kier molecular flexibility index (Phi) is 6.58. The van der Waals surface area contributed by atoms with Gasteiger partial charge in [0.25, 0.3) is 0 Å². The van der Waals surface area contributed by atoms with E-state index in [1.54, 1.807) is 17.8 Å². The van der Waals surface area contributed by atoms with E-state index in [0.717, 1.165) is 17.8 Å². The zero-order chi connectivity index (χ0) is 15.5. The van der Waals surface area contributed by atoms with E-state index in [1.807, 2.05) is 6.26 Å². The van der Waals surface area contributed by atoms with E-state index in [1.165, 1.54) is 24.2 Å². The van der Waals surface area contributed by atoms with Crippen LogP contribution >= 0.6 is 39.0 Å². The Labute approximate surface area is 143 Å². The highest BCUT2D eigenvalue weighted by Gasteiger charge is 2.23. The first-order chi connectivity index (χ1) is 9.92. The van der Waals surface area contributed by atoms with Crippen LogP contribution in [-0.2, 0) is 16.6 Å². The van der Waals surface area contributed by atoms with Crippen LogP contribution in [0.25, 0.3) is 0 Å². The first-order valence-corrected chi connectivity index (χ1v) is 11.3. The fourth-order valence-corrected chi connectivity index (χ4v) is 5.83. The fourth-order valence-electron chi connectivity index (χ4n) is 1.79. The van der Waals surface area contributed by atoms with Gasteiger partial charge in [-0.3, -0.25) is 0 Å². The van der Waals surface area contributed by atoms with Crippen molar-refractivity contribution in [2.75, 3.05) is 12.8 Å². The van der Waals surface area contributed by atoms with Crippen molar-refractivity contribution in [3.05, 3.63) is 14.7 Å². The second-order valence-corrected chi connectivity index (χ2v) is 10.7. The molecule has 1 unspecified atom stereocenters. The first-order valence-electron chi connectivity index (χ1n) is 6.96. The molecule has 0 saturated heterocycles. The minimum absolute atomic E-state index is 0.358. The lowest BCUT2D eigenvalue weighted by atomic mass is 10.3. The number of nitrogens with one attached hydrogen (secondary N) is 2. The van der Waals surface area contributed by atoms with Crippen molar-refractivity contribution in [2.24, 2.45) is 0 Å². The summed E-state index contributed by atoms with van der Waals surface area (Å²) >= 11 is 6.61. The number of thioether (sulfide) groups is 1. The Morgan fingerprint density at radius 2 is 2.24 bits per heavy atom. The van der Waals surface area contributed by atoms with Gasteiger partial charge in [-0.2, -0.15) is 11.8 Å². The summed E-state index contributed by atoms with van der Waals surface area (Å²) in [5.41, 5.74) is 0. The van der Waals surface area contributed by atoms with Gasteiger partial charge in [-0.15, -0.1) is 11.3 Å². The van der Waals surface area contributed by atoms with Crippen molar-refractivity contribution in [3.63, 3.8) is 0 Å². The van der Waals surface area contributed by atoms with Crippen molar-refractivity contribution >= 4 is 49.1 Å². The van der Waals surface area contributed by atoms with Gasteiger partial charge >= 0.3 is 0 Å². The molecule has 4 nitrogen and oxygen atoms in total.